The number of amides is 2. The lowest BCUT2D eigenvalue weighted by Crippen LogP contribution is -2.53. The van der Waals surface area contributed by atoms with Crippen molar-refractivity contribution in [2.75, 3.05) is 18.4 Å². The molecule has 6 rings (SSSR count). The zero-order valence-corrected chi connectivity index (χ0v) is 18.3. The molecule has 2 fully saturated rings. The van der Waals surface area contributed by atoms with Gasteiger partial charge >= 0.3 is 6.03 Å². The fourth-order valence-electron chi connectivity index (χ4n) is 5.62. The Kier molecular flexibility index (Phi) is 5.03. The number of anilines is 1. The van der Waals surface area contributed by atoms with Gasteiger partial charge in [-0.25, -0.2) is 9.18 Å². The summed E-state index contributed by atoms with van der Waals surface area (Å²) < 4.78 is 19.4. The maximum Gasteiger partial charge on any atom is 0.322 e. The molecule has 33 heavy (non-hydrogen) atoms. The third kappa shape index (κ3) is 3.95. The van der Waals surface area contributed by atoms with Gasteiger partial charge in [-0.05, 0) is 78.9 Å². The number of halogens is 1. The molecule has 2 bridgehead atoms. The van der Waals surface area contributed by atoms with Gasteiger partial charge in [-0.1, -0.05) is 24.3 Å². The Labute approximate surface area is 192 Å². The second-order valence-corrected chi connectivity index (χ2v) is 9.24. The number of carbonyl (C=O) groups excluding carboxylic acids is 1. The number of hydrogen-bond acceptors (Lipinski definition) is 3. The average molecular weight is 444 g/mol. The van der Waals surface area contributed by atoms with Gasteiger partial charge < -0.3 is 15.0 Å². The first kappa shape index (κ1) is 20.2. The Morgan fingerprint density at radius 3 is 2.36 bits per heavy atom. The molecule has 2 heterocycles. The third-order valence-corrected chi connectivity index (χ3v) is 7.18. The van der Waals surface area contributed by atoms with Crippen molar-refractivity contribution < 1.29 is 13.9 Å². The van der Waals surface area contributed by atoms with Crippen molar-refractivity contribution in [3.63, 3.8) is 0 Å². The fourth-order valence-corrected chi connectivity index (χ4v) is 5.62. The molecule has 0 spiro atoms. The van der Waals surface area contributed by atoms with Crippen molar-refractivity contribution in [3.05, 3.63) is 89.7 Å². The number of piperazine rings is 1. The first-order valence-electron chi connectivity index (χ1n) is 11.6. The van der Waals surface area contributed by atoms with Crippen LogP contribution in [0.15, 0.2) is 72.8 Å². The largest absolute Gasteiger partial charge is 0.457 e. The van der Waals surface area contributed by atoms with Gasteiger partial charge in [0.1, 0.15) is 17.3 Å². The summed E-state index contributed by atoms with van der Waals surface area (Å²) in [6.07, 6.45) is 2.89. The van der Waals surface area contributed by atoms with Crippen LogP contribution in [-0.2, 0) is 12.8 Å². The van der Waals surface area contributed by atoms with Crippen molar-refractivity contribution >= 4 is 11.7 Å². The summed E-state index contributed by atoms with van der Waals surface area (Å²) in [5.41, 5.74) is 3.16. The molecule has 0 saturated carbocycles. The summed E-state index contributed by atoms with van der Waals surface area (Å²) in [5, 5.41) is 3.04. The highest BCUT2D eigenvalue weighted by atomic mass is 19.1. The second-order valence-electron chi connectivity index (χ2n) is 9.24. The number of ether oxygens (including phenoxy) is 1. The molecule has 168 valence electrons. The summed E-state index contributed by atoms with van der Waals surface area (Å²) >= 11 is 0. The normalized spacial score (nSPS) is 23.5. The molecule has 1 N–H and O–H groups in total. The van der Waals surface area contributed by atoms with Gasteiger partial charge in [0.05, 0.1) is 0 Å². The van der Waals surface area contributed by atoms with Crippen LogP contribution in [0.3, 0.4) is 0 Å². The van der Waals surface area contributed by atoms with E-state index in [1.807, 2.05) is 65.6 Å². The third-order valence-electron chi connectivity index (χ3n) is 7.18. The fraction of sp³-hybridized carbons (Fsp3) is 0.296. The molecule has 1 aliphatic carbocycles. The molecular weight excluding hydrogens is 417 g/mol. The van der Waals surface area contributed by atoms with Gasteiger partial charge in [0, 0.05) is 36.9 Å². The summed E-state index contributed by atoms with van der Waals surface area (Å²) in [5.74, 6) is 1.36. The lowest BCUT2D eigenvalue weighted by molar-refractivity contribution is 0.111. The molecular formula is C27H26FN3O2. The van der Waals surface area contributed by atoms with E-state index in [0.29, 0.717) is 12.1 Å². The van der Waals surface area contributed by atoms with Crippen molar-refractivity contribution in [3.8, 4) is 11.5 Å². The van der Waals surface area contributed by atoms with E-state index < -0.39 is 0 Å². The smallest absolute Gasteiger partial charge is 0.322 e. The van der Waals surface area contributed by atoms with Crippen molar-refractivity contribution in [2.45, 2.75) is 37.4 Å². The van der Waals surface area contributed by atoms with Gasteiger partial charge in [0.25, 0.3) is 0 Å². The van der Waals surface area contributed by atoms with E-state index in [1.165, 1.54) is 5.56 Å². The van der Waals surface area contributed by atoms with Crippen LogP contribution in [0.4, 0.5) is 14.9 Å². The first-order chi connectivity index (χ1) is 16.1. The molecule has 3 aliphatic rings. The number of para-hydroxylation sites is 1. The van der Waals surface area contributed by atoms with E-state index >= 15 is 0 Å². The van der Waals surface area contributed by atoms with Crippen LogP contribution in [0.1, 0.15) is 17.5 Å². The Balaban J connectivity index is 1.04. The van der Waals surface area contributed by atoms with Crippen LogP contribution >= 0.6 is 0 Å². The molecule has 3 aromatic rings. The van der Waals surface area contributed by atoms with Crippen molar-refractivity contribution in [1.82, 2.24) is 9.80 Å². The molecule has 3 unspecified atom stereocenters. The van der Waals surface area contributed by atoms with Crippen molar-refractivity contribution in [1.29, 1.82) is 0 Å². The lowest BCUT2D eigenvalue weighted by atomic mass is 10.1. The van der Waals surface area contributed by atoms with E-state index in [2.05, 4.69) is 10.2 Å². The number of fused-ring (bicyclic) bond motifs is 3. The zero-order chi connectivity index (χ0) is 22.4. The number of hydrogen-bond donors (Lipinski definition) is 1. The van der Waals surface area contributed by atoms with Gasteiger partial charge in [-0.3, -0.25) is 4.90 Å². The highest BCUT2D eigenvalue weighted by Crippen LogP contribution is 2.37. The number of benzene rings is 3. The van der Waals surface area contributed by atoms with E-state index in [4.69, 9.17) is 4.74 Å². The summed E-state index contributed by atoms with van der Waals surface area (Å²) in [6, 6.07) is 23.2. The minimum atomic E-state index is -0.153. The number of carbonyl (C=O) groups is 1. The Morgan fingerprint density at radius 1 is 0.848 bits per heavy atom. The minimum absolute atomic E-state index is 0.0457. The SMILES string of the molecule is O=C(Nc1ccc(Oc2ccccc2)cc1)N1CC2CC1CN2C1Cc2ccc(F)cc2C1. The number of nitrogens with zero attached hydrogens (tertiary/aromatic N) is 2. The Hall–Kier alpha value is -3.38. The van der Waals surface area contributed by atoms with Gasteiger partial charge in [0.2, 0.25) is 0 Å². The lowest BCUT2D eigenvalue weighted by Gasteiger charge is -2.37. The standard InChI is InChI=1S/C27H26FN3O2/c28-20-7-6-18-13-22(14-19(18)12-20)30-16-24-15-23(30)17-31(24)27(32)29-21-8-10-26(11-9-21)33-25-4-2-1-3-5-25/h1-12,22-24H,13-17H2,(H,29,32). The van der Waals surface area contributed by atoms with Crippen LogP contribution in [0.25, 0.3) is 0 Å². The van der Waals surface area contributed by atoms with Crippen molar-refractivity contribution in [2.24, 2.45) is 0 Å². The second kappa shape index (κ2) is 8.19. The minimum Gasteiger partial charge on any atom is -0.457 e. The number of rotatable bonds is 4. The van der Waals surface area contributed by atoms with Crippen LogP contribution in [-0.4, -0.2) is 47.0 Å². The van der Waals surface area contributed by atoms with Gasteiger partial charge in [-0.2, -0.15) is 0 Å². The molecule has 0 radical (unpaired) electrons. The molecule has 3 aromatic carbocycles. The topological polar surface area (TPSA) is 44.8 Å². The molecule has 2 amide bonds. The van der Waals surface area contributed by atoms with Gasteiger partial charge in [-0.15, -0.1) is 0 Å². The van der Waals surface area contributed by atoms with Crippen LogP contribution in [0.5, 0.6) is 11.5 Å². The maximum absolute atomic E-state index is 13.6. The van der Waals surface area contributed by atoms with Gasteiger partial charge in [0.15, 0.2) is 0 Å². The quantitative estimate of drug-likeness (QED) is 0.612. The summed E-state index contributed by atoms with van der Waals surface area (Å²) in [4.78, 5) is 17.5. The summed E-state index contributed by atoms with van der Waals surface area (Å²) in [6.45, 7) is 1.63. The maximum atomic E-state index is 13.6. The number of urea groups is 1. The predicted octanol–water partition coefficient (Wildman–Crippen LogP) is 5.08. The average Bonchev–Trinajstić information content (AvgIpc) is 3.54. The zero-order valence-electron chi connectivity index (χ0n) is 18.3. The van der Waals surface area contributed by atoms with Crippen LogP contribution < -0.4 is 10.1 Å². The molecule has 2 aliphatic heterocycles. The number of likely N-dealkylation sites (tertiary alicyclic amines) is 2. The Bertz CT molecular complexity index is 1170. The first-order valence-corrected chi connectivity index (χ1v) is 11.6. The summed E-state index contributed by atoms with van der Waals surface area (Å²) in [7, 11) is 0. The van der Waals surface area contributed by atoms with Crippen LogP contribution in [0.2, 0.25) is 0 Å². The Morgan fingerprint density at radius 2 is 1.61 bits per heavy atom. The highest BCUT2D eigenvalue weighted by Gasteiger charge is 2.48. The van der Waals surface area contributed by atoms with E-state index in [0.717, 1.165) is 55.1 Å². The molecule has 5 nitrogen and oxygen atoms in total. The van der Waals surface area contributed by atoms with E-state index in [-0.39, 0.29) is 17.9 Å². The number of nitrogens with one attached hydrogen (secondary N) is 1. The van der Waals surface area contributed by atoms with E-state index in [9.17, 15) is 9.18 Å². The highest BCUT2D eigenvalue weighted by molar-refractivity contribution is 5.90. The molecule has 0 aromatic heterocycles. The monoisotopic (exact) mass is 443 g/mol. The molecule has 3 atom stereocenters. The molecule has 2 saturated heterocycles. The van der Waals surface area contributed by atoms with Crippen LogP contribution in [0, 0.1) is 5.82 Å². The predicted molar refractivity (Wildman–Crippen MR) is 125 cm³/mol. The molecule has 6 heteroatoms. The van der Waals surface area contributed by atoms with E-state index in [1.54, 1.807) is 12.1 Å².